The molecule has 1 aromatic carbocycles. The second-order valence-corrected chi connectivity index (χ2v) is 6.14. The quantitative estimate of drug-likeness (QED) is 0.886. The van der Waals surface area contributed by atoms with Crippen molar-refractivity contribution in [1.82, 2.24) is 4.90 Å². The standard InChI is InChI=1S/C17H26N4O2/c1-22-13-3-4-15-16(11-13)21(8-6-19-15)10-9-20-7-5-14(18)17(12-20)23-2/h3-4,6,11,14,17H,5,7-10,12,18H2,1-2H3/t14-,17-/m1/s1. The van der Waals surface area contributed by atoms with E-state index in [0.29, 0.717) is 0 Å². The number of aliphatic imine (C=N–C) groups is 1. The van der Waals surface area contributed by atoms with Gasteiger partial charge in [-0.15, -0.1) is 0 Å². The van der Waals surface area contributed by atoms with Crippen molar-refractivity contribution in [2.45, 2.75) is 18.6 Å². The Hall–Kier alpha value is -1.63. The molecule has 2 heterocycles. The molecule has 1 fully saturated rings. The maximum absolute atomic E-state index is 6.09. The van der Waals surface area contributed by atoms with E-state index in [9.17, 15) is 0 Å². The molecule has 6 nitrogen and oxygen atoms in total. The summed E-state index contributed by atoms with van der Waals surface area (Å²) in [6.45, 7) is 4.73. The Kier molecular flexibility index (Phi) is 5.15. The lowest BCUT2D eigenvalue weighted by Crippen LogP contribution is -2.52. The third-order valence-corrected chi connectivity index (χ3v) is 4.74. The van der Waals surface area contributed by atoms with Crippen LogP contribution in [0.15, 0.2) is 23.2 Å². The summed E-state index contributed by atoms with van der Waals surface area (Å²) in [4.78, 5) is 9.26. The molecule has 0 saturated carbocycles. The minimum Gasteiger partial charge on any atom is -0.497 e. The zero-order chi connectivity index (χ0) is 16.2. The number of anilines is 1. The normalized spacial score (nSPS) is 24.6. The first-order valence-corrected chi connectivity index (χ1v) is 8.17. The first-order valence-electron chi connectivity index (χ1n) is 8.17. The summed E-state index contributed by atoms with van der Waals surface area (Å²) in [5.41, 5.74) is 8.24. The largest absolute Gasteiger partial charge is 0.497 e. The first-order chi connectivity index (χ1) is 11.2. The van der Waals surface area contributed by atoms with Crippen LogP contribution in [0.3, 0.4) is 0 Å². The summed E-state index contributed by atoms with van der Waals surface area (Å²) < 4.78 is 10.8. The van der Waals surface area contributed by atoms with Gasteiger partial charge in [-0.1, -0.05) is 0 Å². The number of nitrogens with two attached hydrogens (primary N) is 1. The number of nitrogens with zero attached hydrogens (tertiary/aromatic N) is 3. The van der Waals surface area contributed by atoms with Crippen molar-refractivity contribution in [3.05, 3.63) is 18.2 Å². The highest BCUT2D eigenvalue weighted by atomic mass is 16.5. The van der Waals surface area contributed by atoms with E-state index in [-0.39, 0.29) is 12.1 Å². The van der Waals surface area contributed by atoms with E-state index in [2.05, 4.69) is 20.9 Å². The molecule has 2 aliphatic rings. The zero-order valence-electron chi connectivity index (χ0n) is 13.9. The number of likely N-dealkylation sites (tertiary alicyclic amines) is 1. The van der Waals surface area contributed by atoms with E-state index in [1.54, 1.807) is 14.2 Å². The van der Waals surface area contributed by atoms with E-state index in [0.717, 1.165) is 56.3 Å². The van der Waals surface area contributed by atoms with Crippen LogP contribution >= 0.6 is 0 Å². The van der Waals surface area contributed by atoms with Gasteiger partial charge >= 0.3 is 0 Å². The number of fused-ring (bicyclic) bond motifs is 1. The molecule has 2 aliphatic heterocycles. The van der Waals surface area contributed by atoms with Gasteiger partial charge in [0.25, 0.3) is 0 Å². The topological polar surface area (TPSA) is 63.3 Å². The summed E-state index contributed by atoms with van der Waals surface area (Å²) in [6.07, 6.45) is 3.10. The molecule has 126 valence electrons. The average Bonchev–Trinajstić information content (AvgIpc) is 2.60. The van der Waals surface area contributed by atoms with E-state index in [4.69, 9.17) is 15.2 Å². The summed E-state index contributed by atoms with van der Waals surface area (Å²) >= 11 is 0. The van der Waals surface area contributed by atoms with Crippen LogP contribution in [0, 0.1) is 0 Å². The summed E-state index contributed by atoms with van der Waals surface area (Å²) in [5.74, 6) is 0.870. The number of benzene rings is 1. The van der Waals surface area contributed by atoms with Gasteiger partial charge in [0.2, 0.25) is 0 Å². The Morgan fingerprint density at radius 1 is 1.30 bits per heavy atom. The number of ether oxygens (including phenoxy) is 2. The highest BCUT2D eigenvalue weighted by Crippen LogP contribution is 2.34. The Balaban J connectivity index is 1.62. The van der Waals surface area contributed by atoms with Gasteiger partial charge in [-0.2, -0.15) is 0 Å². The number of methoxy groups -OCH3 is 2. The molecule has 0 aromatic heterocycles. The van der Waals surface area contributed by atoms with Crippen LogP contribution < -0.4 is 15.4 Å². The summed E-state index contributed by atoms with van der Waals surface area (Å²) in [6, 6.07) is 6.19. The van der Waals surface area contributed by atoms with Crippen molar-refractivity contribution in [3.63, 3.8) is 0 Å². The van der Waals surface area contributed by atoms with Crippen LogP contribution in [0.25, 0.3) is 0 Å². The highest BCUT2D eigenvalue weighted by molar-refractivity contribution is 5.82. The molecule has 0 aliphatic carbocycles. The SMILES string of the molecule is COc1ccc2c(c1)N(CCN1CC[C@@H](N)[C@H](OC)C1)CC=N2. The number of piperidine rings is 1. The molecule has 23 heavy (non-hydrogen) atoms. The molecule has 0 amide bonds. The fourth-order valence-corrected chi connectivity index (χ4v) is 3.25. The van der Waals surface area contributed by atoms with Crippen LogP contribution in [-0.2, 0) is 4.74 Å². The average molecular weight is 318 g/mol. The van der Waals surface area contributed by atoms with Gasteiger partial charge in [-0.25, -0.2) is 0 Å². The van der Waals surface area contributed by atoms with Crippen molar-refractivity contribution < 1.29 is 9.47 Å². The van der Waals surface area contributed by atoms with E-state index >= 15 is 0 Å². The third-order valence-electron chi connectivity index (χ3n) is 4.74. The lowest BCUT2D eigenvalue weighted by Gasteiger charge is -2.37. The monoisotopic (exact) mass is 318 g/mol. The van der Waals surface area contributed by atoms with E-state index in [1.807, 2.05) is 18.3 Å². The van der Waals surface area contributed by atoms with Crippen molar-refractivity contribution >= 4 is 17.6 Å². The predicted octanol–water partition coefficient (Wildman–Crippen LogP) is 1.27. The Bertz CT molecular complexity index is 564. The maximum Gasteiger partial charge on any atom is 0.121 e. The molecule has 0 radical (unpaired) electrons. The lowest BCUT2D eigenvalue weighted by atomic mass is 10.0. The maximum atomic E-state index is 6.09. The number of hydrogen-bond donors (Lipinski definition) is 1. The van der Waals surface area contributed by atoms with Gasteiger partial charge in [0.1, 0.15) is 5.75 Å². The molecule has 2 atom stereocenters. The molecule has 2 N–H and O–H groups in total. The molecule has 3 rings (SSSR count). The predicted molar refractivity (Wildman–Crippen MR) is 93.2 cm³/mol. The lowest BCUT2D eigenvalue weighted by molar-refractivity contribution is 0.0178. The Morgan fingerprint density at radius 2 is 2.17 bits per heavy atom. The van der Waals surface area contributed by atoms with E-state index < -0.39 is 0 Å². The third kappa shape index (κ3) is 3.65. The molecule has 1 aromatic rings. The summed E-state index contributed by atoms with van der Waals surface area (Å²) in [7, 11) is 3.44. The number of rotatable bonds is 5. The molecule has 0 spiro atoms. The molecular weight excluding hydrogens is 292 g/mol. The molecule has 6 heteroatoms. The van der Waals surface area contributed by atoms with Gasteiger partial charge in [0, 0.05) is 45.1 Å². The molecule has 0 unspecified atom stereocenters. The minimum absolute atomic E-state index is 0.138. The fraction of sp³-hybridized carbons (Fsp3) is 0.588. The molecule has 1 saturated heterocycles. The summed E-state index contributed by atoms with van der Waals surface area (Å²) in [5, 5.41) is 0. The van der Waals surface area contributed by atoms with Gasteiger partial charge < -0.3 is 20.1 Å². The van der Waals surface area contributed by atoms with Crippen LogP contribution in [0.2, 0.25) is 0 Å². The van der Waals surface area contributed by atoms with Crippen molar-refractivity contribution in [3.8, 4) is 5.75 Å². The number of hydrogen-bond acceptors (Lipinski definition) is 6. The second kappa shape index (κ2) is 7.29. The Labute approximate surface area is 137 Å². The van der Waals surface area contributed by atoms with Crippen molar-refractivity contribution in [2.24, 2.45) is 10.7 Å². The zero-order valence-corrected chi connectivity index (χ0v) is 13.9. The smallest absolute Gasteiger partial charge is 0.121 e. The van der Waals surface area contributed by atoms with Gasteiger partial charge in [-0.05, 0) is 25.1 Å². The Morgan fingerprint density at radius 3 is 2.96 bits per heavy atom. The van der Waals surface area contributed by atoms with Crippen LogP contribution in [0.5, 0.6) is 5.75 Å². The van der Waals surface area contributed by atoms with Crippen LogP contribution in [-0.4, -0.2) is 70.2 Å². The van der Waals surface area contributed by atoms with Crippen LogP contribution in [0.1, 0.15) is 6.42 Å². The van der Waals surface area contributed by atoms with Crippen molar-refractivity contribution in [1.29, 1.82) is 0 Å². The van der Waals surface area contributed by atoms with Gasteiger partial charge in [0.05, 0.1) is 31.1 Å². The van der Waals surface area contributed by atoms with Crippen molar-refractivity contribution in [2.75, 3.05) is 51.8 Å². The van der Waals surface area contributed by atoms with E-state index in [1.165, 1.54) is 0 Å². The van der Waals surface area contributed by atoms with Gasteiger partial charge in [-0.3, -0.25) is 9.89 Å². The minimum atomic E-state index is 0.138. The molecule has 0 bridgehead atoms. The first kappa shape index (κ1) is 16.2. The fourth-order valence-electron chi connectivity index (χ4n) is 3.25. The van der Waals surface area contributed by atoms with Gasteiger partial charge in [0.15, 0.2) is 0 Å². The molecular formula is C17H26N4O2. The second-order valence-electron chi connectivity index (χ2n) is 6.14. The van der Waals surface area contributed by atoms with Crippen LogP contribution in [0.4, 0.5) is 11.4 Å². The highest BCUT2D eigenvalue weighted by Gasteiger charge is 2.26.